The van der Waals surface area contributed by atoms with E-state index in [0.717, 1.165) is 6.42 Å². The molecular weight excluding hydrogens is 276 g/mol. The van der Waals surface area contributed by atoms with Gasteiger partial charge in [0.25, 0.3) is 5.69 Å². The molecule has 2 N–H and O–H groups in total. The summed E-state index contributed by atoms with van der Waals surface area (Å²) >= 11 is 0. The Morgan fingerprint density at radius 1 is 1.33 bits per heavy atom. The number of non-ortho nitro benzene ring substituents is 1. The molecule has 0 spiro atoms. The molecule has 0 aliphatic rings. The molecule has 114 valence electrons. The topological polar surface area (TPSA) is 110 Å². The minimum absolute atomic E-state index is 0.0334. The normalized spacial score (nSPS) is 11.7. The molecule has 1 unspecified atom stereocenters. The van der Waals surface area contributed by atoms with Gasteiger partial charge in [0, 0.05) is 18.2 Å². The van der Waals surface area contributed by atoms with Crippen molar-refractivity contribution in [2.45, 2.75) is 38.6 Å². The van der Waals surface area contributed by atoms with Gasteiger partial charge in [0.1, 0.15) is 0 Å². The summed E-state index contributed by atoms with van der Waals surface area (Å²) in [5, 5.41) is 22.0. The molecule has 1 amide bonds. The second kappa shape index (κ2) is 7.98. The monoisotopic (exact) mass is 294 g/mol. The van der Waals surface area contributed by atoms with E-state index in [1.54, 1.807) is 0 Å². The van der Waals surface area contributed by atoms with Gasteiger partial charge in [-0.2, -0.15) is 0 Å². The Kier molecular flexibility index (Phi) is 6.32. The summed E-state index contributed by atoms with van der Waals surface area (Å²) in [6, 6.07) is 5.32. The SMILES string of the molecule is CCCC(CC(=O)O)NC(=O)Cc1ccc([N+](=O)[O-])cc1. The Labute approximate surface area is 122 Å². The van der Waals surface area contributed by atoms with Crippen LogP contribution in [0.1, 0.15) is 31.7 Å². The fraction of sp³-hybridized carbons (Fsp3) is 0.429. The Bertz CT molecular complexity index is 513. The third kappa shape index (κ3) is 6.03. The highest BCUT2D eigenvalue weighted by molar-refractivity contribution is 5.79. The lowest BCUT2D eigenvalue weighted by Crippen LogP contribution is -2.37. The second-order valence-corrected chi connectivity index (χ2v) is 4.75. The number of hydrogen-bond acceptors (Lipinski definition) is 4. The minimum atomic E-state index is -0.955. The summed E-state index contributed by atoms with van der Waals surface area (Å²) in [6.45, 7) is 1.91. The molecule has 0 saturated carbocycles. The molecule has 1 aromatic carbocycles. The average Bonchev–Trinajstić information content (AvgIpc) is 2.38. The molecule has 0 aromatic heterocycles. The summed E-state index contributed by atoms with van der Waals surface area (Å²) in [5.74, 6) is -1.24. The summed E-state index contributed by atoms with van der Waals surface area (Å²) in [4.78, 5) is 32.6. The first kappa shape index (κ1) is 16.6. The van der Waals surface area contributed by atoms with Crippen LogP contribution in [-0.2, 0) is 16.0 Å². The van der Waals surface area contributed by atoms with Crippen LogP contribution in [0.25, 0.3) is 0 Å². The molecule has 0 aliphatic heterocycles. The molecule has 7 heteroatoms. The van der Waals surface area contributed by atoms with Crippen LogP contribution in [0.15, 0.2) is 24.3 Å². The molecule has 1 aromatic rings. The second-order valence-electron chi connectivity index (χ2n) is 4.75. The van der Waals surface area contributed by atoms with E-state index in [1.807, 2.05) is 6.92 Å². The van der Waals surface area contributed by atoms with Crippen molar-refractivity contribution in [3.63, 3.8) is 0 Å². The Hall–Kier alpha value is -2.44. The predicted molar refractivity (Wildman–Crippen MR) is 75.9 cm³/mol. The number of nitro groups is 1. The van der Waals surface area contributed by atoms with Crippen molar-refractivity contribution in [3.05, 3.63) is 39.9 Å². The van der Waals surface area contributed by atoms with Crippen LogP contribution < -0.4 is 5.32 Å². The third-order valence-electron chi connectivity index (χ3n) is 2.94. The Morgan fingerprint density at radius 3 is 2.43 bits per heavy atom. The van der Waals surface area contributed by atoms with Gasteiger partial charge in [0.15, 0.2) is 0 Å². The number of carboxylic acids is 1. The Morgan fingerprint density at radius 2 is 1.95 bits per heavy atom. The molecule has 1 atom stereocenters. The van der Waals surface area contributed by atoms with Crippen LogP contribution in [0.3, 0.4) is 0 Å². The van der Waals surface area contributed by atoms with Crippen molar-refractivity contribution < 1.29 is 19.6 Å². The van der Waals surface area contributed by atoms with Gasteiger partial charge in [-0.1, -0.05) is 25.5 Å². The highest BCUT2D eigenvalue weighted by atomic mass is 16.6. The van der Waals surface area contributed by atoms with Crippen molar-refractivity contribution >= 4 is 17.6 Å². The van der Waals surface area contributed by atoms with Gasteiger partial charge in [0.05, 0.1) is 17.8 Å². The van der Waals surface area contributed by atoms with Gasteiger partial charge in [-0.25, -0.2) is 0 Å². The molecule has 7 nitrogen and oxygen atoms in total. The lowest BCUT2D eigenvalue weighted by Gasteiger charge is -2.16. The number of nitrogens with one attached hydrogen (secondary N) is 1. The van der Waals surface area contributed by atoms with Crippen molar-refractivity contribution in [1.29, 1.82) is 0 Å². The van der Waals surface area contributed by atoms with Gasteiger partial charge in [-0.3, -0.25) is 19.7 Å². The highest BCUT2D eigenvalue weighted by Gasteiger charge is 2.15. The summed E-state index contributed by atoms with van der Waals surface area (Å²) in [6.07, 6.45) is 1.33. The molecule has 0 radical (unpaired) electrons. The van der Waals surface area contributed by atoms with E-state index in [2.05, 4.69) is 5.32 Å². The molecular formula is C14H18N2O5. The number of carbonyl (C=O) groups excluding carboxylic acids is 1. The van der Waals surface area contributed by atoms with Crippen LogP contribution in [0.5, 0.6) is 0 Å². The van der Waals surface area contributed by atoms with E-state index in [0.29, 0.717) is 12.0 Å². The van der Waals surface area contributed by atoms with Crippen LogP contribution in [0.4, 0.5) is 5.69 Å². The Balaban J connectivity index is 2.58. The first-order valence-corrected chi connectivity index (χ1v) is 6.66. The fourth-order valence-corrected chi connectivity index (χ4v) is 1.98. The number of nitrogens with zero attached hydrogens (tertiary/aromatic N) is 1. The number of hydrogen-bond donors (Lipinski definition) is 2. The molecule has 0 aliphatic carbocycles. The largest absolute Gasteiger partial charge is 0.481 e. The lowest BCUT2D eigenvalue weighted by molar-refractivity contribution is -0.384. The van der Waals surface area contributed by atoms with Crippen LogP contribution in [0, 0.1) is 10.1 Å². The van der Waals surface area contributed by atoms with Gasteiger partial charge < -0.3 is 10.4 Å². The van der Waals surface area contributed by atoms with E-state index in [1.165, 1.54) is 24.3 Å². The van der Waals surface area contributed by atoms with E-state index in [4.69, 9.17) is 5.11 Å². The molecule has 1 rings (SSSR count). The van der Waals surface area contributed by atoms with Gasteiger partial charge >= 0.3 is 5.97 Å². The fourth-order valence-electron chi connectivity index (χ4n) is 1.98. The van der Waals surface area contributed by atoms with Crippen molar-refractivity contribution in [2.75, 3.05) is 0 Å². The zero-order valence-electron chi connectivity index (χ0n) is 11.7. The van der Waals surface area contributed by atoms with Crippen LogP contribution >= 0.6 is 0 Å². The van der Waals surface area contributed by atoms with E-state index in [9.17, 15) is 19.7 Å². The molecule has 0 bridgehead atoms. The third-order valence-corrected chi connectivity index (χ3v) is 2.94. The molecule has 21 heavy (non-hydrogen) atoms. The number of nitro benzene ring substituents is 1. The zero-order chi connectivity index (χ0) is 15.8. The van der Waals surface area contributed by atoms with E-state index < -0.39 is 16.9 Å². The zero-order valence-corrected chi connectivity index (χ0v) is 11.7. The minimum Gasteiger partial charge on any atom is -0.481 e. The highest BCUT2D eigenvalue weighted by Crippen LogP contribution is 2.12. The van der Waals surface area contributed by atoms with Gasteiger partial charge in [-0.05, 0) is 12.0 Å². The van der Waals surface area contributed by atoms with Crippen molar-refractivity contribution in [2.24, 2.45) is 0 Å². The number of aliphatic carboxylic acids is 1. The predicted octanol–water partition coefficient (Wildman–Crippen LogP) is 1.90. The quantitative estimate of drug-likeness (QED) is 0.562. The molecule has 0 heterocycles. The van der Waals surface area contributed by atoms with E-state index in [-0.39, 0.29) is 24.4 Å². The number of carboxylic acid groups (broad SMARTS) is 1. The molecule has 0 saturated heterocycles. The van der Waals surface area contributed by atoms with Gasteiger partial charge in [0.2, 0.25) is 5.91 Å². The standard InChI is InChI=1S/C14H18N2O5/c1-2-3-11(9-14(18)19)15-13(17)8-10-4-6-12(7-5-10)16(20)21/h4-7,11H,2-3,8-9H2,1H3,(H,15,17)(H,18,19). The number of rotatable bonds is 8. The smallest absolute Gasteiger partial charge is 0.305 e. The van der Waals surface area contributed by atoms with Crippen molar-refractivity contribution in [3.8, 4) is 0 Å². The van der Waals surface area contributed by atoms with E-state index >= 15 is 0 Å². The average molecular weight is 294 g/mol. The van der Waals surface area contributed by atoms with Crippen LogP contribution in [-0.4, -0.2) is 27.9 Å². The number of amides is 1. The first-order chi connectivity index (χ1) is 9.92. The van der Waals surface area contributed by atoms with Crippen LogP contribution in [0.2, 0.25) is 0 Å². The summed E-state index contributed by atoms with van der Waals surface area (Å²) in [7, 11) is 0. The maximum Gasteiger partial charge on any atom is 0.305 e. The number of benzene rings is 1. The first-order valence-electron chi connectivity index (χ1n) is 6.66. The molecule has 0 fully saturated rings. The summed E-state index contributed by atoms with van der Waals surface area (Å²) in [5.41, 5.74) is 0.609. The lowest BCUT2D eigenvalue weighted by atomic mass is 10.1. The maximum atomic E-state index is 11.9. The van der Waals surface area contributed by atoms with Crippen molar-refractivity contribution in [1.82, 2.24) is 5.32 Å². The number of carbonyl (C=O) groups is 2. The maximum absolute atomic E-state index is 11.9. The summed E-state index contributed by atoms with van der Waals surface area (Å²) < 4.78 is 0. The van der Waals surface area contributed by atoms with Gasteiger partial charge in [-0.15, -0.1) is 0 Å².